The van der Waals surface area contributed by atoms with E-state index >= 15 is 0 Å². The summed E-state index contributed by atoms with van der Waals surface area (Å²) >= 11 is 0. The summed E-state index contributed by atoms with van der Waals surface area (Å²) in [5.41, 5.74) is 5.43. The van der Waals surface area contributed by atoms with Gasteiger partial charge in [-0.15, -0.1) is 0 Å². The molecule has 9 heteroatoms. The van der Waals surface area contributed by atoms with Gasteiger partial charge in [-0.05, 0) is 19.3 Å². The van der Waals surface area contributed by atoms with Crippen LogP contribution in [0.5, 0.6) is 0 Å². The molecule has 0 aliphatic heterocycles. The summed E-state index contributed by atoms with van der Waals surface area (Å²) in [6.45, 7) is 0. The Morgan fingerprint density at radius 2 is 1.50 bits per heavy atom. The first-order chi connectivity index (χ1) is 9.23. The van der Waals surface area contributed by atoms with E-state index in [9.17, 15) is 19.2 Å². The summed E-state index contributed by atoms with van der Waals surface area (Å²) in [6.07, 6.45) is -0.561. The van der Waals surface area contributed by atoms with Crippen LogP contribution < -0.4 is 11.1 Å². The molecule has 0 unspecified atom stereocenters. The van der Waals surface area contributed by atoms with Gasteiger partial charge >= 0.3 is 17.9 Å². The summed E-state index contributed by atoms with van der Waals surface area (Å²) in [5.74, 6) is -4.23. The third kappa shape index (κ3) is 8.03. The molecular formula is C11H18N2O7. The Labute approximate surface area is 114 Å². The number of hydrogen-bond acceptors (Lipinski definition) is 5. The fraction of sp³-hybridized carbons (Fsp3) is 0.636. The van der Waals surface area contributed by atoms with Crippen LogP contribution in [0.1, 0.15) is 32.1 Å². The highest BCUT2D eigenvalue weighted by Crippen LogP contribution is 2.03. The first kappa shape index (κ1) is 17.8. The van der Waals surface area contributed by atoms with Crippen molar-refractivity contribution >= 4 is 23.8 Å². The summed E-state index contributed by atoms with van der Waals surface area (Å²) < 4.78 is 0. The van der Waals surface area contributed by atoms with Gasteiger partial charge in [0.1, 0.15) is 6.04 Å². The van der Waals surface area contributed by atoms with Gasteiger partial charge in [-0.25, -0.2) is 4.79 Å². The van der Waals surface area contributed by atoms with Crippen molar-refractivity contribution in [3.05, 3.63) is 0 Å². The quantitative estimate of drug-likeness (QED) is 0.341. The van der Waals surface area contributed by atoms with Crippen molar-refractivity contribution in [1.82, 2.24) is 5.32 Å². The van der Waals surface area contributed by atoms with E-state index in [1.165, 1.54) is 0 Å². The zero-order valence-electron chi connectivity index (χ0n) is 10.7. The van der Waals surface area contributed by atoms with Crippen LogP contribution in [0.3, 0.4) is 0 Å². The molecule has 9 nitrogen and oxygen atoms in total. The van der Waals surface area contributed by atoms with Gasteiger partial charge in [0.15, 0.2) is 0 Å². The normalized spacial score (nSPS) is 13.2. The van der Waals surface area contributed by atoms with Crippen molar-refractivity contribution < 1.29 is 34.5 Å². The highest BCUT2D eigenvalue weighted by atomic mass is 16.4. The second kappa shape index (κ2) is 8.86. The fourth-order valence-corrected chi connectivity index (χ4v) is 1.40. The van der Waals surface area contributed by atoms with Crippen LogP contribution in [0.25, 0.3) is 0 Å². The molecule has 0 aromatic heterocycles. The van der Waals surface area contributed by atoms with Crippen molar-refractivity contribution in [3.63, 3.8) is 0 Å². The van der Waals surface area contributed by atoms with Crippen LogP contribution in [0.15, 0.2) is 0 Å². The third-order valence-electron chi connectivity index (χ3n) is 2.50. The molecule has 114 valence electrons. The standard InChI is InChI=1S/C11H18N2O7/c12-6(4-5-9(16)17)10(18)13-7(11(19)20)2-1-3-8(14)15/h6-7H,1-5,12H2,(H,13,18)(H,14,15)(H,16,17)(H,19,20)/t6-,7-/m0/s1. The van der Waals surface area contributed by atoms with Gasteiger partial charge < -0.3 is 26.4 Å². The van der Waals surface area contributed by atoms with Crippen LogP contribution >= 0.6 is 0 Å². The molecule has 0 rings (SSSR count). The average Bonchev–Trinajstić information content (AvgIpc) is 2.33. The minimum Gasteiger partial charge on any atom is -0.481 e. The van der Waals surface area contributed by atoms with Gasteiger partial charge in [0.25, 0.3) is 0 Å². The smallest absolute Gasteiger partial charge is 0.326 e. The Morgan fingerprint density at radius 1 is 0.950 bits per heavy atom. The zero-order chi connectivity index (χ0) is 15.7. The zero-order valence-corrected chi connectivity index (χ0v) is 10.7. The Kier molecular flexibility index (Phi) is 7.90. The maximum absolute atomic E-state index is 11.6. The van der Waals surface area contributed by atoms with Crippen molar-refractivity contribution in [2.75, 3.05) is 0 Å². The number of nitrogens with one attached hydrogen (secondary N) is 1. The second-order valence-electron chi connectivity index (χ2n) is 4.22. The largest absolute Gasteiger partial charge is 0.481 e. The lowest BCUT2D eigenvalue weighted by Gasteiger charge is -2.17. The number of carboxylic acid groups (broad SMARTS) is 3. The number of rotatable bonds is 10. The monoisotopic (exact) mass is 290 g/mol. The first-order valence-electron chi connectivity index (χ1n) is 5.96. The molecule has 20 heavy (non-hydrogen) atoms. The lowest BCUT2D eigenvalue weighted by atomic mass is 10.1. The Hall–Kier alpha value is -2.16. The minimum atomic E-state index is -1.30. The van der Waals surface area contributed by atoms with Crippen molar-refractivity contribution in [2.24, 2.45) is 5.73 Å². The van der Waals surface area contributed by atoms with Gasteiger partial charge in [-0.1, -0.05) is 0 Å². The summed E-state index contributed by atoms with van der Waals surface area (Å²) in [6, 6.07) is -2.36. The van der Waals surface area contributed by atoms with Crippen molar-refractivity contribution in [2.45, 2.75) is 44.2 Å². The number of nitrogens with two attached hydrogens (primary N) is 1. The fourth-order valence-electron chi connectivity index (χ4n) is 1.40. The second-order valence-corrected chi connectivity index (χ2v) is 4.22. The molecule has 0 aliphatic carbocycles. The third-order valence-corrected chi connectivity index (χ3v) is 2.50. The number of carboxylic acids is 3. The van der Waals surface area contributed by atoms with Gasteiger partial charge in [-0.2, -0.15) is 0 Å². The van der Waals surface area contributed by atoms with E-state index in [0.29, 0.717) is 0 Å². The van der Waals surface area contributed by atoms with E-state index in [0.717, 1.165) is 0 Å². The molecule has 2 atom stereocenters. The predicted molar refractivity (Wildman–Crippen MR) is 65.9 cm³/mol. The maximum Gasteiger partial charge on any atom is 0.326 e. The Bertz CT molecular complexity index is 383. The molecule has 6 N–H and O–H groups in total. The van der Waals surface area contributed by atoms with E-state index in [2.05, 4.69) is 5.32 Å². The molecule has 0 spiro atoms. The van der Waals surface area contributed by atoms with E-state index in [1.54, 1.807) is 0 Å². The van der Waals surface area contributed by atoms with Gasteiger partial charge in [-0.3, -0.25) is 14.4 Å². The van der Waals surface area contributed by atoms with E-state index in [4.69, 9.17) is 21.1 Å². The topological polar surface area (TPSA) is 167 Å². The molecule has 0 aliphatic rings. The molecule has 0 heterocycles. The number of hydrogen-bond donors (Lipinski definition) is 5. The molecule has 1 amide bonds. The van der Waals surface area contributed by atoms with Crippen LogP contribution in [0.4, 0.5) is 0 Å². The summed E-state index contributed by atoms with van der Waals surface area (Å²) in [7, 11) is 0. The number of carbonyl (C=O) groups excluding carboxylic acids is 1. The first-order valence-corrected chi connectivity index (χ1v) is 5.96. The lowest BCUT2D eigenvalue weighted by Crippen LogP contribution is -2.48. The van der Waals surface area contributed by atoms with E-state index in [-0.39, 0.29) is 32.1 Å². The van der Waals surface area contributed by atoms with E-state index < -0.39 is 35.9 Å². The van der Waals surface area contributed by atoms with E-state index in [1.807, 2.05) is 0 Å². The molecule has 0 aromatic rings. The van der Waals surface area contributed by atoms with Gasteiger partial charge in [0.2, 0.25) is 5.91 Å². The molecule has 0 saturated carbocycles. The molecule has 0 bridgehead atoms. The SMILES string of the molecule is N[C@@H](CCC(=O)O)C(=O)N[C@@H](CCCC(=O)O)C(=O)O. The maximum atomic E-state index is 11.6. The van der Waals surface area contributed by atoms with Crippen LogP contribution in [-0.4, -0.2) is 51.2 Å². The molecule has 0 fully saturated rings. The molecule has 0 saturated heterocycles. The highest BCUT2D eigenvalue weighted by Gasteiger charge is 2.23. The predicted octanol–water partition coefficient (Wildman–Crippen LogP) is -0.997. The van der Waals surface area contributed by atoms with Crippen LogP contribution in [0, 0.1) is 0 Å². The van der Waals surface area contributed by atoms with Gasteiger partial charge in [0.05, 0.1) is 6.04 Å². The number of amides is 1. The minimum absolute atomic E-state index is 0.0426. The van der Waals surface area contributed by atoms with Crippen LogP contribution in [0.2, 0.25) is 0 Å². The molecular weight excluding hydrogens is 272 g/mol. The average molecular weight is 290 g/mol. The van der Waals surface area contributed by atoms with Crippen molar-refractivity contribution in [3.8, 4) is 0 Å². The molecule has 0 aromatic carbocycles. The van der Waals surface area contributed by atoms with Crippen LogP contribution in [-0.2, 0) is 19.2 Å². The van der Waals surface area contributed by atoms with Crippen molar-refractivity contribution in [1.29, 1.82) is 0 Å². The summed E-state index contributed by atoms with van der Waals surface area (Å²) in [4.78, 5) is 43.1. The Balaban J connectivity index is 4.28. The lowest BCUT2D eigenvalue weighted by molar-refractivity contribution is -0.143. The Morgan fingerprint density at radius 3 is 1.95 bits per heavy atom. The van der Waals surface area contributed by atoms with Gasteiger partial charge in [0, 0.05) is 12.8 Å². The number of carbonyl (C=O) groups is 4. The summed E-state index contributed by atoms with van der Waals surface area (Å²) in [5, 5.41) is 27.9. The highest BCUT2D eigenvalue weighted by molar-refractivity contribution is 5.87. The molecule has 0 radical (unpaired) electrons. The number of aliphatic carboxylic acids is 3.